The first-order chi connectivity index (χ1) is 19.6. The highest BCUT2D eigenvalue weighted by Gasteiger charge is 2.42. The molecule has 4 amide bonds. The van der Waals surface area contributed by atoms with Crippen molar-refractivity contribution in [3.8, 4) is 0 Å². The fourth-order valence-electron chi connectivity index (χ4n) is 5.95. The molecule has 0 aliphatic carbocycles. The number of rotatable bonds is 7. The second-order valence-electron chi connectivity index (χ2n) is 10.7. The number of fused-ring (bicyclic) bond motifs is 1. The summed E-state index contributed by atoms with van der Waals surface area (Å²) in [6, 6.07) is 28.2. The van der Waals surface area contributed by atoms with E-state index in [1.165, 1.54) is 5.56 Å². The van der Waals surface area contributed by atoms with Crippen molar-refractivity contribution < 1.29 is 14.4 Å². The molecule has 2 atom stereocenters. The molecule has 1 N–H and O–H groups in total. The summed E-state index contributed by atoms with van der Waals surface area (Å²) in [5.74, 6) is 0.0659. The molecule has 3 aliphatic rings. The van der Waals surface area contributed by atoms with E-state index in [1.54, 1.807) is 11.8 Å². The molecule has 2 saturated heterocycles. The number of thioether (sulfide) groups is 1. The van der Waals surface area contributed by atoms with E-state index in [0.717, 1.165) is 36.1 Å². The lowest BCUT2D eigenvalue weighted by Gasteiger charge is -2.40. The molecule has 8 heteroatoms. The predicted molar refractivity (Wildman–Crippen MR) is 158 cm³/mol. The summed E-state index contributed by atoms with van der Waals surface area (Å²) in [5, 5.41) is 2.51. The molecule has 206 valence electrons. The predicted octanol–water partition coefficient (Wildman–Crippen LogP) is 5.30. The van der Waals surface area contributed by atoms with Crippen LogP contribution in [-0.4, -0.2) is 63.5 Å². The van der Waals surface area contributed by atoms with Crippen molar-refractivity contribution in [1.29, 1.82) is 0 Å². The van der Waals surface area contributed by atoms with Crippen LogP contribution < -0.4 is 5.32 Å². The number of likely N-dealkylation sites (tertiary alicyclic amines) is 1. The van der Waals surface area contributed by atoms with Crippen LogP contribution in [0.4, 0.5) is 10.5 Å². The number of urea groups is 1. The molecule has 0 radical (unpaired) electrons. The fraction of sp³-hybridized carbons (Fsp3) is 0.344. The fourth-order valence-corrected chi connectivity index (χ4v) is 7.43. The number of amides is 4. The van der Waals surface area contributed by atoms with Gasteiger partial charge in [-0.1, -0.05) is 78.9 Å². The van der Waals surface area contributed by atoms with E-state index in [0.29, 0.717) is 26.2 Å². The highest BCUT2D eigenvalue weighted by Crippen LogP contribution is 2.44. The zero-order valence-electron chi connectivity index (χ0n) is 22.4. The van der Waals surface area contributed by atoms with Crippen molar-refractivity contribution in [2.24, 2.45) is 0 Å². The number of nitrogens with zero attached hydrogens (tertiary/aromatic N) is 3. The van der Waals surface area contributed by atoms with E-state index in [9.17, 15) is 14.4 Å². The number of benzene rings is 3. The normalized spacial score (nSPS) is 21.4. The van der Waals surface area contributed by atoms with Gasteiger partial charge >= 0.3 is 6.03 Å². The average Bonchev–Trinajstić information content (AvgIpc) is 3.31. The monoisotopic (exact) mass is 554 g/mol. The lowest BCUT2D eigenvalue weighted by molar-refractivity contribution is -0.136. The molecule has 2 unspecified atom stereocenters. The molecule has 3 aromatic rings. The van der Waals surface area contributed by atoms with Gasteiger partial charge in [0.25, 0.3) is 0 Å². The zero-order chi connectivity index (χ0) is 27.5. The van der Waals surface area contributed by atoms with Crippen LogP contribution in [0.3, 0.4) is 0 Å². The van der Waals surface area contributed by atoms with Gasteiger partial charge in [-0.3, -0.25) is 9.59 Å². The number of anilines is 1. The SMILES string of the molecule is O=C(CC1SC(c2ccccc2)N(CCc2ccccc2)C1=O)N1CCC(N2Cc3ccccc3NC2=O)CC1. The van der Waals surface area contributed by atoms with Crippen LogP contribution in [0.25, 0.3) is 0 Å². The molecule has 0 bridgehead atoms. The van der Waals surface area contributed by atoms with Gasteiger partial charge in [0.2, 0.25) is 11.8 Å². The van der Waals surface area contributed by atoms with Crippen molar-refractivity contribution in [3.05, 3.63) is 102 Å². The van der Waals surface area contributed by atoms with E-state index in [2.05, 4.69) is 29.6 Å². The van der Waals surface area contributed by atoms with Crippen molar-refractivity contribution in [1.82, 2.24) is 14.7 Å². The maximum atomic E-state index is 13.6. The molecule has 3 aromatic carbocycles. The van der Waals surface area contributed by atoms with Crippen LogP contribution >= 0.6 is 11.8 Å². The lowest BCUT2D eigenvalue weighted by atomic mass is 10.0. The van der Waals surface area contributed by atoms with Crippen LogP contribution in [0, 0.1) is 0 Å². The second-order valence-corrected chi connectivity index (χ2v) is 12.0. The second kappa shape index (κ2) is 11.8. The average molecular weight is 555 g/mol. The summed E-state index contributed by atoms with van der Waals surface area (Å²) < 4.78 is 0. The van der Waals surface area contributed by atoms with E-state index in [-0.39, 0.29) is 35.7 Å². The van der Waals surface area contributed by atoms with Gasteiger partial charge < -0.3 is 20.0 Å². The minimum Gasteiger partial charge on any atom is -0.342 e. The maximum absolute atomic E-state index is 13.6. The molecular formula is C32H34N4O3S. The first kappa shape index (κ1) is 26.4. The Morgan fingerprint density at radius 3 is 2.30 bits per heavy atom. The summed E-state index contributed by atoms with van der Waals surface area (Å²) in [5.41, 5.74) is 4.27. The number of carbonyl (C=O) groups excluding carboxylic acids is 3. The minimum atomic E-state index is -0.393. The number of hydrogen-bond donors (Lipinski definition) is 1. The summed E-state index contributed by atoms with van der Waals surface area (Å²) in [4.78, 5) is 45.5. The molecule has 3 heterocycles. The third-order valence-corrected chi connectivity index (χ3v) is 9.66. The lowest BCUT2D eigenvalue weighted by Crippen LogP contribution is -2.51. The summed E-state index contributed by atoms with van der Waals surface area (Å²) in [6.07, 6.45) is 2.46. The van der Waals surface area contributed by atoms with Gasteiger partial charge in [0, 0.05) is 44.3 Å². The van der Waals surface area contributed by atoms with E-state index in [4.69, 9.17) is 0 Å². The molecule has 0 spiro atoms. The van der Waals surface area contributed by atoms with Gasteiger partial charge in [0.1, 0.15) is 5.37 Å². The minimum absolute atomic E-state index is 0.0227. The Hall–Kier alpha value is -3.78. The Morgan fingerprint density at radius 1 is 0.875 bits per heavy atom. The quantitative estimate of drug-likeness (QED) is 0.430. The summed E-state index contributed by atoms with van der Waals surface area (Å²) in [6.45, 7) is 2.40. The number of para-hydroxylation sites is 1. The third kappa shape index (κ3) is 5.59. The van der Waals surface area contributed by atoms with Crippen molar-refractivity contribution in [3.63, 3.8) is 0 Å². The number of nitrogens with one attached hydrogen (secondary N) is 1. The van der Waals surface area contributed by atoms with Gasteiger partial charge in [-0.05, 0) is 42.0 Å². The Labute approximate surface area is 239 Å². The van der Waals surface area contributed by atoms with Crippen LogP contribution in [0.2, 0.25) is 0 Å². The number of hydrogen-bond acceptors (Lipinski definition) is 4. The molecule has 0 aromatic heterocycles. The van der Waals surface area contributed by atoms with Gasteiger partial charge in [-0.15, -0.1) is 11.8 Å². The molecule has 6 rings (SSSR count). The Bertz CT molecular complexity index is 1360. The van der Waals surface area contributed by atoms with Crippen LogP contribution in [0.15, 0.2) is 84.9 Å². The first-order valence-electron chi connectivity index (χ1n) is 14.0. The molecular weight excluding hydrogens is 520 g/mol. The largest absolute Gasteiger partial charge is 0.342 e. The highest BCUT2D eigenvalue weighted by atomic mass is 32.2. The highest BCUT2D eigenvalue weighted by molar-refractivity contribution is 8.01. The van der Waals surface area contributed by atoms with Crippen molar-refractivity contribution in [2.45, 2.75) is 48.9 Å². The Morgan fingerprint density at radius 2 is 1.55 bits per heavy atom. The Balaban J connectivity index is 1.07. The molecule has 40 heavy (non-hydrogen) atoms. The molecule has 0 saturated carbocycles. The van der Waals surface area contributed by atoms with Crippen LogP contribution in [-0.2, 0) is 22.6 Å². The standard InChI is InChI=1S/C32H34N4O3S/c37-29(34-18-16-26(17-19-34)36-22-25-13-7-8-14-27(25)33-32(36)39)21-28-30(38)35(20-15-23-9-3-1-4-10-23)31(40-28)24-11-5-2-6-12-24/h1-14,26,28,31H,15-22H2,(H,33,39). The maximum Gasteiger partial charge on any atom is 0.322 e. The third-order valence-electron chi connectivity index (χ3n) is 8.18. The number of piperidine rings is 1. The van der Waals surface area contributed by atoms with Crippen molar-refractivity contribution in [2.75, 3.05) is 25.0 Å². The van der Waals surface area contributed by atoms with Crippen molar-refractivity contribution >= 4 is 35.3 Å². The smallest absolute Gasteiger partial charge is 0.322 e. The molecule has 2 fully saturated rings. The van der Waals surface area contributed by atoms with Gasteiger partial charge in [-0.2, -0.15) is 0 Å². The van der Waals surface area contributed by atoms with Crippen LogP contribution in [0.5, 0.6) is 0 Å². The van der Waals surface area contributed by atoms with Gasteiger partial charge in [0.05, 0.1) is 5.25 Å². The van der Waals surface area contributed by atoms with E-state index in [1.807, 2.05) is 75.4 Å². The molecule has 7 nitrogen and oxygen atoms in total. The Kier molecular flexibility index (Phi) is 7.77. The van der Waals surface area contributed by atoms with Gasteiger partial charge in [0.15, 0.2) is 0 Å². The first-order valence-corrected chi connectivity index (χ1v) is 15.0. The number of carbonyl (C=O) groups is 3. The van der Waals surface area contributed by atoms with Crippen LogP contribution in [0.1, 0.15) is 41.3 Å². The summed E-state index contributed by atoms with van der Waals surface area (Å²) >= 11 is 1.59. The topological polar surface area (TPSA) is 73.0 Å². The van der Waals surface area contributed by atoms with Gasteiger partial charge in [-0.25, -0.2) is 4.79 Å². The van der Waals surface area contributed by atoms with E-state index >= 15 is 0 Å². The zero-order valence-corrected chi connectivity index (χ0v) is 23.3. The molecule has 3 aliphatic heterocycles. The van der Waals surface area contributed by atoms with E-state index < -0.39 is 5.25 Å². The summed E-state index contributed by atoms with van der Waals surface area (Å²) in [7, 11) is 0.